The molecule has 0 saturated heterocycles. The maximum atomic E-state index is 13.7. The summed E-state index contributed by atoms with van der Waals surface area (Å²) < 4.78 is 54.5. The Morgan fingerprint density at radius 3 is 2.10 bits per heavy atom. The summed E-state index contributed by atoms with van der Waals surface area (Å²) in [5.74, 6) is -7.22. The van der Waals surface area contributed by atoms with Crippen molar-refractivity contribution in [3.63, 3.8) is 0 Å². The Hall–Kier alpha value is -2.00. The summed E-state index contributed by atoms with van der Waals surface area (Å²) >= 11 is 1.14. The molecule has 2 aromatic heterocycles. The fraction of sp³-hybridized carbons (Fsp3) is 0. The van der Waals surface area contributed by atoms with Gasteiger partial charge in [-0.1, -0.05) is 17.4 Å². The summed E-state index contributed by atoms with van der Waals surface area (Å²) in [6.07, 6.45) is 0. The van der Waals surface area contributed by atoms with Crippen LogP contribution in [0.5, 0.6) is 0 Å². The van der Waals surface area contributed by atoms with Gasteiger partial charge in [-0.2, -0.15) is 0 Å². The third-order valence-electron chi connectivity index (χ3n) is 2.30. The minimum atomic E-state index is -2.03. The lowest BCUT2D eigenvalue weighted by Crippen LogP contribution is -1.85. The van der Waals surface area contributed by atoms with E-state index in [0.29, 0.717) is 11.3 Å². The van der Waals surface area contributed by atoms with Gasteiger partial charge in [0.2, 0.25) is 0 Å². The average molecular weight is 335 g/mol. The highest BCUT2D eigenvalue weighted by atomic mass is 32.1. The zero-order valence-electron chi connectivity index (χ0n) is 9.98. The molecule has 0 aliphatic heterocycles. The lowest BCUT2D eigenvalue weighted by atomic mass is 10.3. The van der Waals surface area contributed by atoms with E-state index in [0.717, 1.165) is 23.5 Å². The first-order valence-electron chi connectivity index (χ1n) is 5.31. The average Bonchev–Trinajstić information content (AvgIpc) is 3.14. The minimum absolute atomic E-state index is 0.187. The van der Waals surface area contributed by atoms with E-state index in [9.17, 15) is 27.7 Å². The number of hydrogen-bond acceptors (Lipinski definition) is 4. The van der Waals surface area contributed by atoms with E-state index in [-0.39, 0.29) is 4.88 Å². The van der Waals surface area contributed by atoms with Crippen LogP contribution in [0.25, 0.3) is 11.7 Å². The van der Waals surface area contributed by atoms with Crippen molar-refractivity contribution in [2.24, 2.45) is 0 Å². The Morgan fingerprint density at radius 1 is 1.00 bits per heavy atom. The molecule has 0 atom stereocenters. The second-order valence-corrected chi connectivity index (χ2v) is 5.64. The molecule has 21 heavy (non-hydrogen) atoms. The van der Waals surface area contributed by atoms with E-state index in [1.807, 2.05) is 0 Å². The summed E-state index contributed by atoms with van der Waals surface area (Å²) in [5.41, 5.74) is 0. The van der Waals surface area contributed by atoms with E-state index in [4.69, 9.17) is 0 Å². The second-order valence-electron chi connectivity index (χ2n) is 3.63. The van der Waals surface area contributed by atoms with Crippen molar-refractivity contribution in [1.29, 1.82) is 0 Å². The first kappa shape index (κ1) is 15.4. The molecule has 0 aliphatic carbocycles. The number of nitro groups is 1. The van der Waals surface area contributed by atoms with Gasteiger partial charge < -0.3 is 0 Å². The minimum Gasteiger partial charge on any atom is -0.258 e. The van der Waals surface area contributed by atoms with Crippen LogP contribution in [0, 0.1) is 10.1 Å². The van der Waals surface area contributed by atoms with Gasteiger partial charge in [-0.05, 0) is 17.5 Å². The Kier molecular flexibility index (Phi) is 4.53. The topological polar surface area (TPSA) is 43.1 Å². The number of halogens is 4. The third kappa shape index (κ3) is 3.19. The first-order chi connectivity index (χ1) is 9.91. The first-order valence-corrected chi connectivity index (χ1v) is 7.00. The fourth-order valence-electron chi connectivity index (χ4n) is 1.36. The molecule has 0 fully saturated rings. The molecule has 2 rings (SSSR count). The monoisotopic (exact) mass is 335 g/mol. The molecule has 0 spiro atoms. The van der Waals surface area contributed by atoms with E-state index in [1.165, 1.54) is 17.5 Å². The summed E-state index contributed by atoms with van der Waals surface area (Å²) in [6, 6.07) is 4.51. The molecule has 0 aliphatic rings. The van der Waals surface area contributed by atoms with Crippen LogP contribution in [-0.4, -0.2) is 4.92 Å². The fourth-order valence-corrected chi connectivity index (χ4v) is 2.76. The van der Waals surface area contributed by atoms with Gasteiger partial charge in [-0.3, -0.25) is 10.1 Å². The number of allylic oxidation sites excluding steroid dienone is 2. The predicted molar refractivity (Wildman–Crippen MR) is 73.6 cm³/mol. The molecule has 0 unspecified atom stereocenters. The van der Waals surface area contributed by atoms with Crippen molar-refractivity contribution >= 4 is 39.3 Å². The normalized spacial score (nSPS) is 13.7. The van der Waals surface area contributed by atoms with E-state index in [1.54, 1.807) is 0 Å². The van der Waals surface area contributed by atoms with Gasteiger partial charge in [0.05, 0.1) is 14.7 Å². The summed E-state index contributed by atoms with van der Waals surface area (Å²) in [7, 11) is 0. The Morgan fingerprint density at radius 2 is 1.62 bits per heavy atom. The Labute approximate surface area is 123 Å². The van der Waals surface area contributed by atoms with Crippen LogP contribution in [0.1, 0.15) is 9.75 Å². The predicted octanol–water partition coefficient (Wildman–Crippen LogP) is 5.63. The quantitative estimate of drug-likeness (QED) is 0.314. The van der Waals surface area contributed by atoms with Gasteiger partial charge in [-0.25, -0.2) is 17.6 Å². The molecular formula is C12H5F4NO2S2. The molecular weight excluding hydrogens is 330 g/mol. The SMILES string of the molecule is O=[N+]([O-])c1ccc(/C(F)=C(F)/C(F)=C(\F)c2cccs2)s1. The largest absolute Gasteiger partial charge is 0.324 e. The molecule has 2 aromatic rings. The van der Waals surface area contributed by atoms with Gasteiger partial charge in [0, 0.05) is 6.07 Å². The van der Waals surface area contributed by atoms with Gasteiger partial charge >= 0.3 is 5.00 Å². The van der Waals surface area contributed by atoms with Gasteiger partial charge in [0.15, 0.2) is 23.3 Å². The molecule has 0 radical (unpaired) electrons. The van der Waals surface area contributed by atoms with Crippen molar-refractivity contribution in [3.05, 3.63) is 61.2 Å². The molecule has 2 heterocycles. The van der Waals surface area contributed by atoms with Crippen molar-refractivity contribution in [3.8, 4) is 0 Å². The lowest BCUT2D eigenvalue weighted by Gasteiger charge is -1.98. The molecule has 0 saturated carbocycles. The highest BCUT2D eigenvalue weighted by molar-refractivity contribution is 7.16. The third-order valence-corrected chi connectivity index (χ3v) is 4.20. The molecule has 0 amide bonds. The zero-order chi connectivity index (χ0) is 15.6. The molecule has 0 N–H and O–H groups in total. The molecule has 9 heteroatoms. The number of thiophene rings is 2. The van der Waals surface area contributed by atoms with Crippen LogP contribution in [0.3, 0.4) is 0 Å². The molecule has 3 nitrogen and oxygen atoms in total. The van der Waals surface area contributed by atoms with Gasteiger partial charge in [0.25, 0.3) is 0 Å². The van der Waals surface area contributed by atoms with Crippen molar-refractivity contribution in [2.75, 3.05) is 0 Å². The standard InChI is InChI=1S/C12H5F4NO2S2/c13-9(6-2-1-5-20-6)11(15)12(16)10(14)7-3-4-8(21-7)17(18)19/h1-5H/b11-9+,12-10+. The van der Waals surface area contributed by atoms with Crippen molar-refractivity contribution < 1.29 is 22.5 Å². The maximum Gasteiger partial charge on any atom is 0.324 e. The maximum absolute atomic E-state index is 13.7. The number of hydrogen-bond donors (Lipinski definition) is 0. The van der Waals surface area contributed by atoms with Crippen molar-refractivity contribution in [1.82, 2.24) is 0 Å². The molecule has 0 aromatic carbocycles. The van der Waals surface area contributed by atoms with Gasteiger partial charge in [0.1, 0.15) is 0 Å². The van der Waals surface area contributed by atoms with E-state index in [2.05, 4.69) is 0 Å². The van der Waals surface area contributed by atoms with Gasteiger partial charge in [-0.15, -0.1) is 11.3 Å². The van der Waals surface area contributed by atoms with Crippen LogP contribution < -0.4 is 0 Å². The molecule has 110 valence electrons. The van der Waals surface area contributed by atoms with Crippen molar-refractivity contribution in [2.45, 2.75) is 0 Å². The lowest BCUT2D eigenvalue weighted by molar-refractivity contribution is -0.380. The second kappa shape index (κ2) is 6.19. The highest BCUT2D eigenvalue weighted by Gasteiger charge is 2.22. The summed E-state index contributed by atoms with van der Waals surface area (Å²) in [4.78, 5) is 8.97. The van der Waals surface area contributed by atoms with Crippen LogP contribution in [0.15, 0.2) is 41.3 Å². The van der Waals surface area contributed by atoms with Crippen LogP contribution in [-0.2, 0) is 0 Å². The Balaban J connectivity index is 2.41. The van der Waals surface area contributed by atoms with Crippen LogP contribution in [0.4, 0.5) is 22.6 Å². The summed E-state index contributed by atoms with van der Waals surface area (Å²) in [5, 5.41) is 11.5. The number of nitrogens with zero attached hydrogens (tertiary/aromatic N) is 1. The van der Waals surface area contributed by atoms with E-state index < -0.39 is 38.1 Å². The summed E-state index contributed by atoms with van der Waals surface area (Å²) in [6.45, 7) is 0. The highest BCUT2D eigenvalue weighted by Crippen LogP contribution is 2.37. The van der Waals surface area contributed by atoms with E-state index >= 15 is 0 Å². The molecule has 0 bridgehead atoms. The zero-order valence-corrected chi connectivity index (χ0v) is 11.6. The Bertz CT molecular complexity index is 734. The number of rotatable bonds is 4. The smallest absolute Gasteiger partial charge is 0.258 e. The van der Waals surface area contributed by atoms with Crippen LogP contribution in [0.2, 0.25) is 0 Å². The van der Waals surface area contributed by atoms with Crippen LogP contribution >= 0.6 is 22.7 Å².